The first-order chi connectivity index (χ1) is 11.2. The van der Waals surface area contributed by atoms with Crippen LogP contribution in [0.1, 0.15) is 17.8 Å². The molecule has 0 unspecified atom stereocenters. The van der Waals surface area contributed by atoms with E-state index in [4.69, 9.17) is 28.0 Å². The number of imidazole rings is 1. The molecule has 7 heteroatoms. The van der Waals surface area contributed by atoms with Crippen LogP contribution in [0.15, 0.2) is 41.8 Å². The van der Waals surface area contributed by atoms with E-state index in [1.165, 1.54) is 7.11 Å². The maximum absolute atomic E-state index is 6.08. The molecule has 0 atom stereocenters. The highest BCUT2D eigenvalue weighted by Gasteiger charge is 2.10. The van der Waals surface area contributed by atoms with Crippen LogP contribution in [0.5, 0.6) is 0 Å². The lowest BCUT2D eigenvalue weighted by Gasteiger charge is -2.06. The van der Waals surface area contributed by atoms with Crippen LogP contribution < -0.4 is 0 Å². The fraction of sp³-hybridized carbons (Fsp3) is 0.188. The van der Waals surface area contributed by atoms with Gasteiger partial charge < -0.3 is 9.82 Å². The third-order valence-electron chi connectivity index (χ3n) is 3.39. The van der Waals surface area contributed by atoms with E-state index >= 15 is 0 Å². The van der Waals surface area contributed by atoms with Crippen molar-refractivity contribution in [1.82, 2.24) is 15.0 Å². The number of fused-ring (bicyclic) bond motifs is 1. The predicted octanol–water partition coefficient (Wildman–Crippen LogP) is 4.25. The average Bonchev–Trinajstić information content (AvgIpc) is 2.97. The summed E-state index contributed by atoms with van der Waals surface area (Å²) in [6, 6.07) is 7.27. The van der Waals surface area contributed by atoms with E-state index in [-0.39, 0.29) is 0 Å². The Labute approximate surface area is 143 Å². The Morgan fingerprint density at radius 3 is 2.87 bits per heavy atom. The molecule has 0 bridgehead atoms. The Balaban J connectivity index is 1.79. The minimum absolute atomic E-state index is 0.489. The molecule has 3 rings (SSSR count). The minimum Gasteiger partial charge on any atom is -0.399 e. The largest absolute Gasteiger partial charge is 0.399 e. The molecular weight excluding hydrogens is 335 g/mol. The molecule has 2 heterocycles. The lowest BCUT2D eigenvalue weighted by atomic mass is 10.1. The van der Waals surface area contributed by atoms with E-state index in [1.54, 1.807) is 24.5 Å². The highest BCUT2D eigenvalue weighted by atomic mass is 35.5. The number of aromatic amines is 1. The monoisotopic (exact) mass is 348 g/mol. The molecule has 0 aliphatic rings. The molecule has 2 aromatic heterocycles. The Morgan fingerprint density at radius 1 is 1.26 bits per heavy atom. The number of rotatable bonds is 5. The lowest BCUT2D eigenvalue weighted by Crippen LogP contribution is -2.05. The number of benzene rings is 1. The molecule has 5 nitrogen and oxygen atoms in total. The first-order valence-corrected chi connectivity index (χ1v) is 7.77. The summed E-state index contributed by atoms with van der Waals surface area (Å²) in [6.45, 7) is 0. The van der Waals surface area contributed by atoms with Gasteiger partial charge in [-0.05, 0) is 18.2 Å². The quantitative estimate of drug-likeness (QED) is 0.553. The van der Waals surface area contributed by atoms with Crippen LogP contribution in [0.4, 0.5) is 0 Å². The van der Waals surface area contributed by atoms with Crippen molar-refractivity contribution in [1.29, 1.82) is 0 Å². The van der Waals surface area contributed by atoms with Crippen LogP contribution in [0.25, 0.3) is 11.0 Å². The summed E-state index contributed by atoms with van der Waals surface area (Å²) in [7, 11) is 1.52. The second-order valence-electron chi connectivity index (χ2n) is 4.93. The number of oxime groups is 1. The second-order valence-corrected chi connectivity index (χ2v) is 5.74. The van der Waals surface area contributed by atoms with Gasteiger partial charge in [0.1, 0.15) is 12.9 Å². The van der Waals surface area contributed by atoms with E-state index in [9.17, 15) is 0 Å². The van der Waals surface area contributed by atoms with Crippen LogP contribution in [0.2, 0.25) is 10.0 Å². The standard InChI is InChI=1S/C16H14Cl2N4O/c1-23-22-13(10-2-3-11(17)12(18)8-10)4-5-16-20-14-6-7-19-9-15(14)21-16/h2-3,6-9H,4-5H2,1H3,(H,20,21)/b22-13+. The normalized spacial score (nSPS) is 11.9. The summed E-state index contributed by atoms with van der Waals surface area (Å²) in [5.41, 5.74) is 3.47. The second kappa shape index (κ2) is 6.98. The van der Waals surface area contributed by atoms with E-state index in [1.807, 2.05) is 12.1 Å². The summed E-state index contributed by atoms with van der Waals surface area (Å²) in [6.07, 6.45) is 4.83. The maximum Gasteiger partial charge on any atom is 0.107 e. The van der Waals surface area contributed by atoms with Crippen LogP contribution in [-0.2, 0) is 11.3 Å². The fourth-order valence-corrected chi connectivity index (χ4v) is 2.59. The Kier molecular flexibility index (Phi) is 4.79. The van der Waals surface area contributed by atoms with Crippen molar-refractivity contribution in [2.75, 3.05) is 7.11 Å². The van der Waals surface area contributed by atoms with Gasteiger partial charge in [-0.1, -0.05) is 34.4 Å². The van der Waals surface area contributed by atoms with E-state index in [0.717, 1.165) is 28.1 Å². The highest BCUT2D eigenvalue weighted by Crippen LogP contribution is 2.24. The molecule has 0 saturated heterocycles. The third kappa shape index (κ3) is 3.63. The average molecular weight is 349 g/mol. The molecule has 118 valence electrons. The van der Waals surface area contributed by atoms with Crippen molar-refractivity contribution >= 4 is 39.9 Å². The zero-order valence-corrected chi connectivity index (χ0v) is 13.9. The first-order valence-electron chi connectivity index (χ1n) is 7.01. The molecule has 0 aliphatic heterocycles. The number of H-pyrrole nitrogens is 1. The van der Waals surface area contributed by atoms with Gasteiger partial charge in [-0.25, -0.2) is 4.98 Å². The number of nitrogens with zero attached hydrogens (tertiary/aromatic N) is 3. The number of pyridine rings is 1. The predicted molar refractivity (Wildman–Crippen MR) is 92.2 cm³/mol. The Bertz CT molecular complexity index is 827. The molecule has 1 N–H and O–H groups in total. The van der Waals surface area contributed by atoms with Crippen LogP contribution >= 0.6 is 23.2 Å². The highest BCUT2D eigenvalue weighted by molar-refractivity contribution is 6.42. The molecule has 0 aliphatic carbocycles. The zero-order valence-electron chi connectivity index (χ0n) is 12.4. The molecule has 0 saturated carbocycles. The minimum atomic E-state index is 0.489. The van der Waals surface area contributed by atoms with Gasteiger partial charge in [0.25, 0.3) is 0 Å². The van der Waals surface area contributed by atoms with Gasteiger partial charge in [0.2, 0.25) is 0 Å². The number of halogens is 2. The first kappa shape index (κ1) is 15.8. The number of aryl methyl sites for hydroxylation is 1. The van der Waals surface area contributed by atoms with Gasteiger partial charge in [-0.2, -0.15) is 0 Å². The Hall–Kier alpha value is -2.11. The van der Waals surface area contributed by atoms with Crippen molar-refractivity contribution in [3.05, 3.63) is 58.1 Å². The summed E-state index contributed by atoms with van der Waals surface area (Å²) in [5.74, 6) is 0.872. The topological polar surface area (TPSA) is 63.2 Å². The summed E-state index contributed by atoms with van der Waals surface area (Å²) in [5, 5.41) is 5.09. The SMILES string of the molecule is CO/N=C(\CCc1nc2ccncc2[nH]1)c1ccc(Cl)c(Cl)c1. The number of aromatic nitrogens is 3. The molecule has 0 spiro atoms. The van der Waals surface area contributed by atoms with Crippen molar-refractivity contribution in [3.63, 3.8) is 0 Å². The van der Waals surface area contributed by atoms with E-state index in [0.29, 0.717) is 22.9 Å². The molecule has 0 amide bonds. The van der Waals surface area contributed by atoms with Gasteiger partial charge in [-0.3, -0.25) is 4.98 Å². The molecule has 23 heavy (non-hydrogen) atoms. The summed E-state index contributed by atoms with van der Waals surface area (Å²) < 4.78 is 0. The molecule has 3 aromatic rings. The maximum atomic E-state index is 6.08. The van der Waals surface area contributed by atoms with Gasteiger partial charge in [0.15, 0.2) is 0 Å². The molecule has 0 radical (unpaired) electrons. The van der Waals surface area contributed by atoms with Crippen molar-refractivity contribution in [2.45, 2.75) is 12.8 Å². The lowest BCUT2D eigenvalue weighted by molar-refractivity contribution is 0.213. The summed E-state index contributed by atoms with van der Waals surface area (Å²) in [4.78, 5) is 16.8. The van der Waals surface area contributed by atoms with E-state index < -0.39 is 0 Å². The number of nitrogens with one attached hydrogen (secondary N) is 1. The molecular formula is C16H14Cl2N4O. The molecule has 1 aromatic carbocycles. The van der Waals surface area contributed by atoms with E-state index in [2.05, 4.69) is 20.1 Å². The fourth-order valence-electron chi connectivity index (χ4n) is 2.29. The van der Waals surface area contributed by atoms with Crippen molar-refractivity contribution < 1.29 is 4.84 Å². The number of hydrogen-bond acceptors (Lipinski definition) is 4. The molecule has 0 fully saturated rings. The van der Waals surface area contributed by atoms with Gasteiger partial charge >= 0.3 is 0 Å². The van der Waals surface area contributed by atoms with Crippen molar-refractivity contribution in [3.8, 4) is 0 Å². The van der Waals surface area contributed by atoms with Crippen molar-refractivity contribution in [2.24, 2.45) is 5.16 Å². The van der Waals surface area contributed by atoms with Crippen LogP contribution in [0.3, 0.4) is 0 Å². The van der Waals surface area contributed by atoms with Gasteiger partial charge in [-0.15, -0.1) is 0 Å². The van der Waals surface area contributed by atoms with Gasteiger partial charge in [0, 0.05) is 24.6 Å². The summed E-state index contributed by atoms with van der Waals surface area (Å²) >= 11 is 12.0. The third-order valence-corrected chi connectivity index (χ3v) is 4.12. The van der Waals surface area contributed by atoms with Gasteiger partial charge in [0.05, 0.1) is 33.0 Å². The number of hydrogen-bond donors (Lipinski definition) is 1. The zero-order chi connectivity index (χ0) is 16.2. The smallest absolute Gasteiger partial charge is 0.107 e. The van der Waals surface area contributed by atoms with Crippen LogP contribution in [0, 0.1) is 0 Å². The Morgan fingerprint density at radius 2 is 2.13 bits per heavy atom. The van der Waals surface area contributed by atoms with Crippen LogP contribution in [-0.4, -0.2) is 27.8 Å².